The normalized spacial score (nSPS) is 26.6. The molecule has 1 unspecified atom stereocenters. The highest BCUT2D eigenvalue weighted by Gasteiger charge is 2.51. The summed E-state index contributed by atoms with van der Waals surface area (Å²) in [5.41, 5.74) is 5.85. The van der Waals surface area contributed by atoms with Gasteiger partial charge in [0.25, 0.3) is 0 Å². The number of rotatable bonds is 3. The Morgan fingerprint density at radius 1 is 1.61 bits per heavy atom. The van der Waals surface area contributed by atoms with E-state index in [-0.39, 0.29) is 17.5 Å². The SMILES string of the molecule is COC(=O)CC1=C(C(=O)O)N2C(=O)C(N)[C@H]2SC1. The van der Waals surface area contributed by atoms with Crippen LogP contribution in [0, 0.1) is 0 Å². The Hall–Kier alpha value is -1.54. The lowest BCUT2D eigenvalue weighted by Crippen LogP contribution is -2.68. The predicted octanol–water partition coefficient (Wildman–Crippen LogP) is -0.869. The van der Waals surface area contributed by atoms with E-state index in [2.05, 4.69) is 4.74 Å². The lowest BCUT2D eigenvalue weighted by Gasteiger charge is -2.47. The number of carboxylic acids is 1. The van der Waals surface area contributed by atoms with E-state index in [0.29, 0.717) is 11.3 Å². The zero-order valence-corrected chi connectivity index (χ0v) is 10.4. The van der Waals surface area contributed by atoms with Crippen molar-refractivity contribution in [1.82, 2.24) is 4.90 Å². The van der Waals surface area contributed by atoms with E-state index in [9.17, 15) is 14.4 Å². The third-order valence-corrected chi connectivity index (χ3v) is 4.24. The monoisotopic (exact) mass is 272 g/mol. The largest absolute Gasteiger partial charge is 0.477 e. The molecule has 98 valence electrons. The van der Waals surface area contributed by atoms with Crippen LogP contribution in [0.3, 0.4) is 0 Å². The van der Waals surface area contributed by atoms with E-state index >= 15 is 0 Å². The first-order valence-electron chi connectivity index (χ1n) is 5.19. The van der Waals surface area contributed by atoms with Gasteiger partial charge < -0.3 is 15.6 Å². The number of carbonyl (C=O) groups excluding carboxylic acids is 2. The highest BCUT2D eigenvalue weighted by Crippen LogP contribution is 2.40. The maximum Gasteiger partial charge on any atom is 0.352 e. The summed E-state index contributed by atoms with van der Waals surface area (Å²) in [6.45, 7) is 0. The van der Waals surface area contributed by atoms with Crippen LogP contribution in [0.15, 0.2) is 11.3 Å². The maximum atomic E-state index is 11.6. The van der Waals surface area contributed by atoms with Crippen molar-refractivity contribution in [2.45, 2.75) is 17.8 Å². The first-order chi connectivity index (χ1) is 8.47. The molecule has 1 fully saturated rings. The van der Waals surface area contributed by atoms with Crippen molar-refractivity contribution in [2.24, 2.45) is 5.73 Å². The van der Waals surface area contributed by atoms with Crippen molar-refractivity contribution in [3.63, 3.8) is 0 Å². The standard InChI is InChI=1S/C10H12N2O5S/c1-17-5(13)2-4-3-18-9-6(11)8(14)12(9)7(4)10(15)16/h6,9H,2-3,11H2,1H3,(H,15,16)/t6?,9-/m1/s1. The number of thioether (sulfide) groups is 1. The molecule has 0 aromatic carbocycles. The second-order valence-corrected chi connectivity index (χ2v) is 5.05. The summed E-state index contributed by atoms with van der Waals surface area (Å²) in [5.74, 6) is -1.81. The lowest BCUT2D eigenvalue weighted by molar-refractivity contribution is -0.148. The van der Waals surface area contributed by atoms with Gasteiger partial charge in [-0.2, -0.15) is 0 Å². The van der Waals surface area contributed by atoms with Crippen molar-refractivity contribution in [1.29, 1.82) is 0 Å². The fourth-order valence-electron chi connectivity index (χ4n) is 1.96. The van der Waals surface area contributed by atoms with Crippen LogP contribution in [0.4, 0.5) is 0 Å². The van der Waals surface area contributed by atoms with Crippen molar-refractivity contribution < 1.29 is 24.2 Å². The molecule has 2 rings (SSSR count). The third kappa shape index (κ3) is 1.87. The summed E-state index contributed by atoms with van der Waals surface area (Å²) < 4.78 is 4.51. The van der Waals surface area contributed by atoms with Gasteiger partial charge in [0, 0.05) is 5.75 Å². The first kappa shape index (κ1) is 12.9. The van der Waals surface area contributed by atoms with Crippen molar-refractivity contribution in [2.75, 3.05) is 12.9 Å². The molecule has 0 aliphatic carbocycles. The Labute approximate surface area is 107 Å². The Kier molecular flexibility index (Phi) is 3.31. The number of esters is 1. The van der Waals surface area contributed by atoms with Crippen LogP contribution in [0.5, 0.6) is 0 Å². The number of ether oxygens (including phenoxy) is 1. The fraction of sp³-hybridized carbons (Fsp3) is 0.500. The van der Waals surface area contributed by atoms with Gasteiger partial charge in [0.05, 0.1) is 13.5 Å². The molecule has 1 amide bonds. The lowest BCUT2D eigenvalue weighted by atomic mass is 10.0. The summed E-state index contributed by atoms with van der Waals surface area (Å²) in [5, 5.41) is 8.82. The van der Waals surface area contributed by atoms with Crippen LogP contribution in [0.25, 0.3) is 0 Å². The second kappa shape index (κ2) is 4.62. The van der Waals surface area contributed by atoms with E-state index in [1.54, 1.807) is 0 Å². The maximum absolute atomic E-state index is 11.6. The zero-order valence-electron chi connectivity index (χ0n) is 9.58. The quantitative estimate of drug-likeness (QED) is 0.507. The van der Waals surface area contributed by atoms with Gasteiger partial charge in [-0.05, 0) is 5.57 Å². The molecular weight excluding hydrogens is 260 g/mol. The van der Waals surface area contributed by atoms with Crippen molar-refractivity contribution in [3.8, 4) is 0 Å². The number of methoxy groups -OCH3 is 1. The molecule has 2 aliphatic rings. The average Bonchev–Trinajstić information content (AvgIpc) is 2.36. The Morgan fingerprint density at radius 2 is 2.28 bits per heavy atom. The highest BCUT2D eigenvalue weighted by molar-refractivity contribution is 8.00. The van der Waals surface area contributed by atoms with Crippen LogP contribution in [-0.4, -0.2) is 52.1 Å². The Balaban J connectivity index is 2.32. The summed E-state index contributed by atoms with van der Waals surface area (Å²) in [4.78, 5) is 35.2. The number of amides is 1. The van der Waals surface area contributed by atoms with E-state index in [1.165, 1.54) is 18.9 Å². The number of fused-ring (bicyclic) bond motifs is 1. The Morgan fingerprint density at radius 3 is 2.83 bits per heavy atom. The molecule has 7 nitrogen and oxygen atoms in total. The van der Waals surface area contributed by atoms with Gasteiger partial charge in [-0.3, -0.25) is 14.5 Å². The van der Waals surface area contributed by atoms with Crippen LogP contribution < -0.4 is 5.73 Å². The minimum Gasteiger partial charge on any atom is -0.477 e. The molecule has 2 atom stereocenters. The van der Waals surface area contributed by atoms with Gasteiger partial charge >= 0.3 is 11.9 Å². The van der Waals surface area contributed by atoms with E-state index in [1.807, 2.05) is 0 Å². The van der Waals surface area contributed by atoms with E-state index < -0.39 is 23.9 Å². The number of β-lactam (4-membered cyclic amide) rings is 1. The minimum absolute atomic E-state index is 0.128. The molecule has 2 heterocycles. The summed E-state index contributed by atoms with van der Waals surface area (Å²) >= 11 is 1.36. The fourth-order valence-corrected chi connectivity index (χ4v) is 3.26. The second-order valence-electron chi connectivity index (χ2n) is 3.95. The number of hydrogen-bond acceptors (Lipinski definition) is 6. The number of nitrogens with zero attached hydrogens (tertiary/aromatic N) is 1. The van der Waals surface area contributed by atoms with Gasteiger partial charge in [0.1, 0.15) is 17.1 Å². The van der Waals surface area contributed by atoms with Crippen LogP contribution in [0.2, 0.25) is 0 Å². The summed E-state index contributed by atoms with van der Waals surface area (Å²) in [6, 6.07) is -0.663. The summed E-state index contributed by atoms with van der Waals surface area (Å²) in [6.07, 6.45) is -0.128. The first-order valence-corrected chi connectivity index (χ1v) is 6.24. The smallest absolute Gasteiger partial charge is 0.352 e. The third-order valence-electron chi connectivity index (χ3n) is 2.88. The topological polar surface area (TPSA) is 110 Å². The molecule has 0 radical (unpaired) electrons. The van der Waals surface area contributed by atoms with Gasteiger partial charge in [-0.1, -0.05) is 0 Å². The molecule has 8 heteroatoms. The molecule has 0 aromatic rings. The molecule has 1 saturated heterocycles. The number of carbonyl (C=O) groups is 3. The minimum atomic E-state index is -1.22. The Bertz CT molecular complexity index is 461. The molecule has 0 saturated carbocycles. The van der Waals surface area contributed by atoms with Gasteiger partial charge in [-0.25, -0.2) is 4.79 Å². The molecule has 3 N–H and O–H groups in total. The summed E-state index contributed by atoms with van der Waals surface area (Å²) in [7, 11) is 1.23. The van der Waals surface area contributed by atoms with E-state index in [4.69, 9.17) is 10.8 Å². The molecule has 0 spiro atoms. The molecule has 2 aliphatic heterocycles. The highest BCUT2D eigenvalue weighted by atomic mass is 32.2. The number of carboxylic acid groups (broad SMARTS) is 1. The van der Waals surface area contributed by atoms with Crippen LogP contribution in [-0.2, 0) is 19.1 Å². The number of nitrogens with two attached hydrogens (primary N) is 1. The van der Waals surface area contributed by atoms with Crippen molar-refractivity contribution in [3.05, 3.63) is 11.3 Å². The van der Waals surface area contributed by atoms with Crippen LogP contribution in [0.1, 0.15) is 6.42 Å². The number of hydrogen-bond donors (Lipinski definition) is 2. The van der Waals surface area contributed by atoms with Gasteiger partial charge in [0.2, 0.25) is 5.91 Å². The van der Waals surface area contributed by atoms with Crippen molar-refractivity contribution >= 4 is 29.6 Å². The zero-order chi connectivity index (χ0) is 13.4. The van der Waals surface area contributed by atoms with Crippen LogP contribution >= 0.6 is 11.8 Å². The van der Waals surface area contributed by atoms with Gasteiger partial charge in [0.15, 0.2) is 0 Å². The predicted molar refractivity (Wildman–Crippen MR) is 62.4 cm³/mol. The molecule has 18 heavy (non-hydrogen) atoms. The molecular formula is C10H12N2O5S. The number of aliphatic carboxylic acids is 1. The average molecular weight is 272 g/mol. The molecule has 0 aromatic heterocycles. The van der Waals surface area contributed by atoms with Gasteiger partial charge in [-0.15, -0.1) is 11.8 Å². The molecule has 0 bridgehead atoms. The van der Waals surface area contributed by atoms with E-state index in [0.717, 1.165) is 4.90 Å².